The molecule has 2 rings (SSSR count). The number of piperazine rings is 1. The maximum atomic E-state index is 12.2. The second-order valence-corrected chi connectivity index (χ2v) is 5.25. The lowest BCUT2D eigenvalue weighted by Gasteiger charge is -2.36. The maximum absolute atomic E-state index is 12.2. The molecule has 0 bridgehead atoms. The molecule has 5 heteroatoms. The third-order valence-electron chi connectivity index (χ3n) is 3.18. The number of halogens is 1. The molecule has 0 radical (unpaired) electrons. The molecule has 94 valence electrons. The molecule has 1 amide bonds. The topological polar surface area (TPSA) is 36.7 Å². The molecule has 1 aromatic heterocycles. The van der Waals surface area contributed by atoms with E-state index in [9.17, 15) is 4.79 Å². The summed E-state index contributed by atoms with van der Waals surface area (Å²) in [5.41, 5.74) is 0.614. The predicted molar refractivity (Wildman–Crippen MR) is 69.0 cm³/mol. The van der Waals surface area contributed by atoms with E-state index in [1.807, 2.05) is 4.90 Å². The zero-order valence-electron chi connectivity index (χ0n) is 10.1. The summed E-state index contributed by atoms with van der Waals surface area (Å²) in [6.07, 6.45) is 1.53. The van der Waals surface area contributed by atoms with E-state index in [2.05, 4.69) is 34.7 Å². The van der Waals surface area contributed by atoms with Gasteiger partial charge in [0.15, 0.2) is 4.67 Å². The Labute approximate surface area is 110 Å². The molecule has 1 aliphatic rings. The average Bonchev–Trinajstić information content (AvgIpc) is 2.74. The van der Waals surface area contributed by atoms with Crippen LogP contribution in [0, 0.1) is 0 Å². The van der Waals surface area contributed by atoms with E-state index in [1.54, 1.807) is 6.07 Å². The van der Waals surface area contributed by atoms with Gasteiger partial charge in [-0.2, -0.15) is 0 Å². The number of carbonyl (C=O) groups is 1. The monoisotopic (exact) mass is 300 g/mol. The van der Waals surface area contributed by atoms with Crippen LogP contribution >= 0.6 is 15.9 Å². The Hall–Kier alpha value is -0.810. The lowest BCUT2D eigenvalue weighted by molar-refractivity contribution is 0.0593. The van der Waals surface area contributed by atoms with Crippen LogP contribution in [0.5, 0.6) is 0 Å². The van der Waals surface area contributed by atoms with Crippen molar-refractivity contribution in [2.75, 3.05) is 26.2 Å². The van der Waals surface area contributed by atoms with E-state index in [0.717, 1.165) is 26.2 Å². The van der Waals surface area contributed by atoms with E-state index < -0.39 is 0 Å². The number of rotatable bonds is 2. The van der Waals surface area contributed by atoms with E-state index in [1.165, 1.54) is 6.26 Å². The summed E-state index contributed by atoms with van der Waals surface area (Å²) in [5, 5.41) is 0. The van der Waals surface area contributed by atoms with E-state index >= 15 is 0 Å². The van der Waals surface area contributed by atoms with Gasteiger partial charge in [-0.25, -0.2) is 0 Å². The first-order valence-corrected chi connectivity index (χ1v) is 6.65. The fourth-order valence-corrected chi connectivity index (χ4v) is 2.47. The number of hydrogen-bond acceptors (Lipinski definition) is 3. The number of hydrogen-bond donors (Lipinski definition) is 0. The van der Waals surface area contributed by atoms with Crippen LogP contribution in [0.25, 0.3) is 0 Å². The predicted octanol–water partition coefficient (Wildman–Crippen LogP) is 2.21. The van der Waals surface area contributed by atoms with Gasteiger partial charge in [-0.1, -0.05) is 0 Å². The summed E-state index contributed by atoms with van der Waals surface area (Å²) >= 11 is 3.24. The Balaban J connectivity index is 1.98. The Morgan fingerprint density at radius 3 is 2.47 bits per heavy atom. The minimum atomic E-state index is 0.0500. The Morgan fingerprint density at radius 1 is 1.35 bits per heavy atom. The van der Waals surface area contributed by atoms with Crippen LogP contribution in [0.15, 0.2) is 21.4 Å². The van der Waals surface area contributed by atoms with Crippen molar-refractivity contribution in [3.05, 3.63) is 22.6 Å². The molecular weight excluding hydrogens is 284 g/mol. The summed E-state index contributed by atoms with van der Waals surface area (Å²) in [4.78, 5) is 16.4. The molecule has 2 heterocycles. The molecule has 0 saturated carbocycles. The van der Waals surface area contributed by atoms with Gasteiger partial charge in [-0.15, -0.1) is 0 Å². The summed E-state index contributed by atoms with van der Waals surface area (Å²) in [6, 6.07) is 2.26. The molecule has 0 aromatic carbocycles. The molecule has 1 aromatic rings. The summed E-state index contributed by atoms with van der Waals surface area (Å²) in [5.74, 6) is 0.0500. The van der Waals surface area contributed by atoms with Crippen molar-refractivity contribution in [2.24, 2.45) is 0 Å². The molecule has 1 fully saturated rings. The summed E-state index contributed by atoms with van der Waals surface area (Å²) < 4.78 is 5.62. The second kappa shape index (κ2) is 5.23. The van der Waals surface area contributed by atoms with Crippen LogP contribution in [0.4, 0.5) is 0 Å². The Morgan fingerprint density at radius 2 is 2.00 bits per heavy atom. The van der Waals surface area contributed by atoms with Crippen molar-refractivity contribution >= 4 is 21.8 Å². The number of furan rings is 1. The van der Waals surface area contributed by atoms with Crippen LogP contribution in [0.1, 0.15) is 24.2 Å². The van der Waals surface area contributed by atoms with Crippen LogP contribution in [0.2, 0.25) is 0 Å². The van der Waals surface area contributed by atoms with Crippen molar-refractivity contribution < 1.29 is 9.21 Å². The van der Waals surface area contributed by atoms with Crippen LogP contribution < -0.4 is 0 Å². The van der Waals surface area contributed by atoms with E-state index in [-0.39, 0.29) is 5.91 Å². The fourth-order valence-electron chi connectivity index (χ4n) is 2.06. The highest BCUT2D eigenvalue weighted by Crippen LogP contribution is 2.20. The zero-order chi connectivity index (χ0) is 12.4. The van der Waals surface area contributed by atoms with Crippen LogP contribution in [-0.4, -0.2) is 47.9 Å². The lowest BCUT2D eigenvalue weighted by atomic mass is 10.2. The highest BCUT2D eigenvalue weighted by molar-refractivity contribution is 9.10. The van der Waals surface area contributed by atoms with Gasteiger partial charge >= 0.3 is 0 Å². The molecule has 0 N–H and O–H groups in total. The van der Waals surface area contributed by atoms with Gasteiger partial charge in [0.2, 0.25) is 0 Å². The van der Waals surface area contributed by atoms with E-state index in [0.29, 0.717) is 16.3 Å². The molecule has 0 aliphatic carbocycles. The molecule has 1 saturated heterocycles. The van der Waals surface area contributed by atoms with Crippen molar-refractivity contribution in [1.29, 1.82) is 0 Å². The first-order valence-electron chi connectivity index (χ1n) is 5.86. The second-order valence-electron chi connectivity index (χ2n) is 4.53. The number of carbonyl (C=O) groups excluding carboxylic acids is 1. The molecule has 4 nitrogen and oxygen atoms in total. The minimum absolute atomic E-state index is 0.0500. The van der Waals surface area contributed by atoms with Crippen molar-refractivity contribution in [3.8, 4) is 0 Å². The van der Waals surface area contributed by atoms with E-state index in [4.69, 9.17) is 4.42 Å². The smallest absolute Gasteiger partial charge is 0.258 e. The Kier molecular flexibility index (Phi) is 3.89. The van der Waals surface area contributed by atoms with Crippen LogP contribution in [-0.2, 0) is 0 Å². The van der Waals surface area contributed by atoms with Gasteiger partial charge in [-0.05, 0) is 35.8 Å². The molecule has 17 heavy (non-hydrogen) atoms. The quantitative estimate of drug-likeness (QED) is 0.840. The fraction of sp³-hybridized carbons (Fsp3) is 0.583. The van der Waals surface area contributed by atoms with Gasteiger partial charge in [0.1, 0.15) is 0 Å². The average molecular weight is 301 g/mol. The van der Waals surface area contributed by atoms with Crippen LogP contribution in [0.3, 0.4) is 0 Å². The lowest BCUT2D eigenvalue weighted by Crippen LogP contribution is -2.50. The maximum Gasteiger partial charge on any atom is 0.258 e. The molecule has 0 unspecified atom stereocenters. The minimum Gasteiger partial charge on any atom is -0.457 e. The molecule has 1 aliphatic heterocycles. The summed E-state index contributed by atoms with van der Waals surface area (Å²) in [6.45, 7) is 7.83. The standard InChI is InChI=1S/C12H17BrN2O2/c1-9(2)14-4-6-15(7-5-14)12(16)10-3-8-17-11(10)13/h3,8-9H,4-7H2,1-2H3. The SMILES string of the molecule is CC(C)N1CCN(C(=O)c2ccoc2Br)CC1. The molecular formula is C12H17BrN2O2. The first kappa shape index (κ1) is 12.6. The Bertz CT molecular complexity index is 395. The molecule has 0 atom stereocenters. The van der Waals surface area contributed by atoms with Gasteiger partial charge in [0.25, 0.3) is 5.91 Å². The van der Waals surface area contributed by atoms with Gasteiger partial charge < -0.3 is 9.32 Å². The van der Waals surface area contributed by atoms with Crippen molar-refractivity contribution in [2.45, 2.75) is 19.9 Å². The number of amides is 1. The highest BCUT2D eigenvalue weighted by Gasteiger charge is 2.25. The van der Waals surface area contributed by atoms with Crippen molar-refractivity contribution in [3.63, 3.8) is 0 Å². The molecule has 0 spiro atoms. The third-order valence-corrected chi connectivity index (χ3v) is 3.79. The largest absolute Gasteiger partial charge is 0.457 e. The highest BCUT2D eigenvalue weighted by atomic mass is 79.9. The van der Waals surface area contributed by atoms with Crippen molar-refractivity contribution in [1.82, 2.24) is 9.80 Å². The normalized spacial score (nSPS) is 17.8. The van der Waals surface area contributed by atoms with Gasteiger partial charge in [-0.3, -0.25) is 9.69 Å². The number of nitrogens with zero attached hydrogens (tertiary/aromatic N) is 2. The third kappa shape index (κ3) is 2.72. The van der Waals surface area contributed by atoms with Gasteiger partial charge in [0.05, 0.1) is 11.8 Å². The zero-order valence-corrected chi connectivity index (χ0v) is 11.7. The summed E-state index contributed by atoms with van der Waals surface area (Å²) in [7, 11) is 0. The first-order chi connectivity index (χ1) is 8.09. The van der Waals surface area contributed by atoms with Gasteiger partial charge in [0, 0.05) is 32.2 Å².